The van der Waals surface area contributed by atoms with Gasteiger partial charge in [-0.1, -0.05) is 31.9 Å². The van der Waals surface area contributed by atoms with E-state index in [9.17, 15) is 9.18 Å². The van der Waals surface area contributed by atoms with Crippen LogP contribution in [0.3, 0.4) is 0 Å². The minimum atomic E-state index is -0.599. The van der Waals surface area contributed by atoms with Crippen LogP contribution in [0.2, 0.25) is 0 Å². The van der Waals surface area contributed by atoms with Gasteiger partial charge in [-0.3, -0.25) is 0 Å². The van der Waals surface area contributed by atoms with Crippen molar-refractivity contribution < 1.29 is 13.9 Å². The number of aryl methyl sites for hydroxylation is 1. The summed E-state index contributed by atoms with van der Waals surface area (Å²) in [5.41, 5.74) is 1.84. The van der Waals surface area contributed by atoms with E-state index in [1.807, 2.05) is 6.07 Å². The molecule has 0 spiro atoms. The van der Waals surface area contributed by atoms with Crippen LogP contribution >= 0.6 is 0 Å². The lowest BCUT2D eigenvalue weighted by Crippen LogP contribution is -2.44. The first kappa shape index (κ1) is 16.2. The molecule has 0 bridgehead atoms. The van der Waals surface area contributed by atoms with Gasteiger partial charge < -0.3 is 4.74 Å². The minimum Gasteiger partial charge on any atom is -0.451 e. The van der Waals surface area contributed by atoms with Gasteiger partial charge in [-0.15, -0.1) is 0 Å². The van der Waals surface area contributed by atoms with Gasteiger partial charge in [-0.05, 0) is 62.3 Å². The predicted molar refractivity (Wildman–Crippen MR) is 88.5 cm³/mol. The van der Waals surface area contributed by atoms with Gasteiger partial charge in [0.15, 0.2) is 0 Å². The van der Waals surface area contributed by atoms with Gasteiger partial charge in [0.1, 0.15) is 11.4 Å². The number of hydrogen-bond donors (Lipinski definition) is 0. The highest BCUT2D eigenvalue weighted by Crippen LogP contribution is 2.49. The summed E-state index contributed by atoms with van der Waals surface area (Å²) in [6, 6.07) is 4.95. The lowest BCUT2D eigenvalue weighted by atomic mass is 9.67. The van der Waals surface area contributed by atoms with Gasteiger partial charge >= 0.3 is 5.97 Å². The van der Waals surface area contributed by atoms with Gasteiger partial charge in [-0.25, -0.2) is 9.18 Å². The average Bonchev–Trinajstić information content (AvgIpc) is 2.55. The lowest BCUT2D eigenvalue weighted by Gasteiger charge is -2.45. The van der Waals surface area contributed by atoms with Crippen molar-refractivity contribution >= 4 is 5.97 Å². The van der Waals surface area contributed by atoms with Crippen LogP contribution in [0.25, 0.3) is 0 Å². The van der Waals surface area contributed by atoms with Crippen molar-refractivity contribution in [2.75, 3.05) is 0 Å². The van der Waals surface area contributed by atoms with E-state index in [0.29, 0.717) is 11.5 Å². The molecule has 1 aromatic carbocycles. The van der Waals surface area contributed by atoms with E-state index >= 15 is 0 Å². The number of benzene rings is 1. The molecule has 0 amide bonds. The van der Waals surface area contributed by atoms with Crippen molar-refractivity contribution in [1.29, 1.82) is 0 Å². The molecule has 0 N–H and O–H groups in total. The summed E-state index contributed by atoms with van der Waals surface area (Å²) in [5, 5.41) is 0. The first-order chi connectivity index (χ1) is 11.0. The topological polar surface area (TPSA) is 26.3 Å². The zero-order chi connectivity index (χ0) is 16.4. The summed E-state index contributed by atoms with van der Waals surface area (Å²) < 4.78 is 19.7. The molecule has 1 unspecified atom stereocenters. The Morgan fingerprint density at radius 3 is 2.70 bits per heavy atom. The number of carbonyl (C=O) groups is 1. The first-order valence-electron chi connectivity index (χ1n) is 8.71. The van der Waals surface area contributed by atoms with Crippen LogP contribution in [-0.2, 0) is 21.6 Å². The summed E-state index contributed by atoms with van der Waals surface area (Å²) in [7, 11) is 0. The third kappa shape index (κ3) is 3.06. The van der Waals surface area contributed by atoms with Gasteiger partial charge in [-0.2, -0.15) is 0 Å². The Morgan fingerprint density at radius 1 is 1.26 bits per heavy atom. The fraction of sp³-hybridized carbons (Fsp3) is 0.550. The fourth-order valence-corrected chi connectivity index (χ4v) is 4.29. The second kappa shape index (κ2) is 6.46. The smallest absolute Gasteiger partial charge is 0.334 e. The van der Waals surface area contributed by atoms with Crippen molar-refractivity contribution in [3.8, 4) is 0 Å². The van der Waals surface area contributed by atoms with E-state index in [-0.39, 0.29) is 11.8 Å². The van der Waals surface area contributed by atoms with Crippen LogP contribution in [0, 0.1) is 11.7 Å². The molecule has 0 saturated heterocycles. The number of halogens is 1. The zero-order valence-electron chi connectivity index (χ0n) is 13.9. The van der Waals surface area contributed by atoms with Gasteiger partial charge in [0.2, 0.25) is 0 Å². The maximum absolute atomic E-state index is 13.7. The normalized spacial score (nSPS) is 24.8. The van der Waals surface area contributed by atoms with Gasteiger partial charge in [0.05, 0.1) is 0 Å². The molecule has 124 valence electrons. The summed E-state index contributed by atoms with van der Waals surface area (Å²) in [4.78, 5) is 12.3. The van der Waals surface area contributed by atoms with Gasteiger partial charge in [0, 0.05) is 11.5 Å². The summed E-state index contributed by atoms with van der Waals surface area (Å²) >= 11 is 0. The van der Waals surface area contributed by atoms with E-state index in [4.69, 9.17) is 4.74 Å². The Morgan fingerprint density at radius 2 is 2.00 bits per heavy atom. The molecule has 3 heteroatoms. The zero-order valence-corrected chi connectivity index (χ0v) is 13.9. The van der Waals surface area contributed by atoms with E-state index in [0.717, 1.165) is 43.2 Å². The SMILES string of the molecule is C=C(C)C(=O)OC1(C2CCCCC2)CCCc2cc(F)ccc21. The van der Waals surface area contributed by atoms with Crippen LogP contribution in [0.5, 0.6) is 0 Å². The summed E-state index contributed by atoms with van der Waals surface area (Å²) in [6.45, 7) is 5.42. The van der Waals surface area contributed by atoms with Gasteiger partial charge in [0.25, 0.3) is 0 Å². The van der Waals surface area contributed by atoms with Crippen molar-refractivity contribution in [2.24, 2.45) is 5.92 Å². The van der Waals surface area contributed by atoms with Crippen LogP contribution in [-0.4, -0.2) is 5.97 Å². The third-order valence-corrected chi connectivity index (χ3v) is 5.41. The molecule has 23 heavy (non-hydrogen) atoms. The molecule has 1 fully saturated rings. The minimum absolute atomic E-state index is 0.213. The molecule has 2 aliphatic carbocycles. The molecule has 2 aliphatic rings. The number of rotatable bonds is 3. The maximum Gasteiger partial charge on any atom is 0.334 e. The molecule has 0 heterocycles. The number of carbonyl (C=O) groups excluding carboxylic acids is 1. The molecule has 3 rings (SSSR count). The second-order valence-corrected chi connectivity index (χ2v) is 7.05. The number of fused-ring (bicyclic) bond motifs is 1. The molecule has 0 aromatic heterocycles. The van der Waals surface area contributed by atoms with Crippen molar-refractivity contribution in [1.82, 2.24) is 0 Å². The Bertz CT molecular complexity index is 616. The summed E-state index contributed by atoms with van der Waals surface area (Å²) in [5.74, 6) is -0.216. The first-order valence-corrected chi connectivity index (χ1v) is 8.71. The third-order valence-electron chi connectivity index (χ3n) is 5.41. The highest BCUT2D eigenvalue weighted by atomic mass is 19.1. The quantitative estimate of drug-likeness (QED) is 0.576. The number of esters is 1. The second-order valence-electron chi connectivity index (χ2n) is 7.05. The Hall–Kier alpha value is -1.64. The van der Waals surface area contributed by atoms with E-state index in [1.165, 1.54) is 25.3 Å². The standard InChI is InChI=1S/C20H25FO2/c1-14(2)19(22)23-20(16-8-4-3-5-9-16)12-6-7-15-13-17(21)10-11-18(15)20/h10-11,13,16H,1,3-9,12H2,2H3. The van der Waals surface area contributed by atoms with Crippen molar-refractivity contribution in [3.05, 3.63) is 47.3 Å². The van der Waals surface area contributed by atoms with Crippen LogP contribution in [0.1, 0.15) is 63.0 Å². The highest BCUT2D eigenvalue weighted by Gasteiger charge is 2.47. The molecule has 2 nitrogen and oxygen atoms in total. The molecule has 0 aliphatic heterocycles. The monoisotopic (exact) mass is 316 g/mol. The Labute approximate surface area is 137 Å². The van der Waals surface area contributed by atoms with E-state index in [1.54, 1.807) is 13.0 Å². The molecular formula is C20H25FO2. The highest BCUT2D eigenvalue weighted by molar-refractivity contribution is 5.87. The van der Waals surface area contributed by atoms with Crippen molar-refractivity contribution in [3.63, 3.8) is 0 Å². The van der Waals surface area contributed by atoms with Crippen LogP contribution in [0.15, 0.2) is 30.4 Å². The molecule has 1 saturated carbocycles. The van der Waals surface area contributed by atoms with Crippen LogP contribution < -0.4 is 0 Å². The lowest BCUT2D eigenvalue weighted by molar-refractivity contribution is -0.168. The molecule has 0 radical (unpaired) electrons. The number of hydrogen-bond acceptors (Lipinski definition) is 2. The number of ether oxygens (including phenoxy) is 1. The fourth-order valence-electron chi connectivity index (χ4n) is 4.29. The van der Waals surface area contributed by atoms with E-state index in [2.05, 4.69) is 6.58 Å². The summed E-state index contributed by atoms with van der Waals surface area (Å²) in [6.07, 6.45) is 8.34. The molecular weight excluding hydrogens is 291 g/mol. The molecule has 1 atom stereocenters. The largest absolute Gasteiger partial charge is 0.451 e. The predicted octanol–water partition coefficient (Wildman–Crippen LogP) is 5.06. The maximum atomic E-state index is 13.7. The Balaban J connectivity index is 2.05. The molecule has 1 aromatic rings. The van der Waals surface area contributed by atoms with Crippen molar-refractivity contribution in [2.45, 2.75) is 63.9 Å². The van der Waals surface area contributed by atoms with Crippen LogP contribution in [0.4, 0.5) is 4.39 Å². The Kier molecular flexibility index (Phi) is 4.56. The average molecular weight is 316 g/mol. The van der Waals surface area contributed by atoms with E-state index < -0.39 is 5.60 Å².